The highest BCUT2D eigenvalue weighted by Crippen LogP contribution is 2.20. The van der Waals surface area contributed by atoms with Crippen LogP contribution in [0.25, 0.3) is 11.1 Å². The molecule has 1 unspecified atom stereocenters. The zero-order valence-corrected chi connectivity index (χ0v) is 17.9. The second-order valence-corrected chi connectivity index (χ2v) is 8.23. The van der Waals surface area contributed by atoms with Gasteiger partial charge in [0.15, 0.2) is 17.1 Å². The lowest BCUT2D eigenvalue weighted by atomic mass is 10.0. The molecule has 30 heavy (non-hydrogen) atoms. The molecule has 0 fully saturated rings. The number of aliphatic carboxylic acids is 1. The van der Waals surface area contributed by atoms with Gasteiger partial charge in [0.2, 0.25) is 0 Å². The maximum Gasteiger partial charge on any atom is 0.347 e. The largest absolute Gasteiger partial charge is 0.478 e. The zero-order chi connectivity index (χ0) is 21.6. The van der Waals surface area contributed by atoms with Crippen molar-refractivity contribution in [2.75, 3.05) is 13.1 Å². The Bertz CT molecular complexity index is 930. The van der Waals surface area contributed by atoms with Crippen molar-refractivity contribution in [2.45, 2.75) is 45.6 Å². The number of aromatic nitrogens is 1. The second kappa shape index (κ2) is 9.76. The van der Waals surface area contributed by atoms with Crippen LogP contribution < -0.4 is 10.1 Å². The number of carbonyl (C=O) groups is 1. The number of rotatable bonds is 11. The van der Waals surface area contributed by atoms with E-state index in [1.165, 1.54) is 5.56 Å². The summed E-state index contributed by atoms with van der Waals surface area (Å²) in [6, 6.07) is 15.5. The number of hydrogen-bond acceptors (Lipinski definition) is 5. The van der Waals surface area contributed by atoms with Gasteiger partial charge in [-0.25, -0.2) is 9.78 Å². The van der Waals surface area contributed by atoms with Gasteiger partial charge in [-0.15, -0.1) is 0 Å². The van der Waals surface area contributed by atoms with Crippen LogP contribution in [0.15, 0.2) is 52.9 Å². The molecule has 0 aliphatic rings. The fraction of sp³-hybridized carbons (Fsp3) is 0.417. The van der Waals surface area contributed by atoms with E-state index in [4.69, 9.17) is 14.3 Å². The second-order valence-electron chi connectivity index (χ2n) is 8.23. The van der Waals surface area contributed by atoms with E-state index in [9.17, 15) is 4.79 Å². The Morgan fingerprint density at radius 1 is 1.17 bits per heavy atom. The van der Waals surface area contributed by atoms with Crippen LogP contribution in [0.5, 0.6) is 5.75 Å². The van der Waals surface area contributed by atoms with E-state index in [1.807, 2.05) is 48.5 Å². The van der Waals surface area contributed by atoms with E-state index < -0.39 is 11.6 Å². The number of oxazole rings is 1. The summed E-state index contributed by atoms with van der Waals surface area (Å²) in [6.45, 7) is 7.12. The third-order valence-corrected chi connectivity index (χ3v) is 5.08. The normalized spacial score (nSPS) is 12.8. The van der Waals surface area contributed by atoms with Gasteiger partial charge in [-0.3, -0.25) is 0 Å². The van der Waals surface area contributed by atoms with Gasteiger partial charge in [-0.2, -0.15) is 0 Å². The number of ether oxygens (including phenoxy) is 1. The van der Waals surface area contributed by atoms with Crippen LogP contribution in [0, 0.1) is 5.92 Å². The van der Waals surface area contributed by atoms with Gasteiger partial charge in [0.1, 0.15) is 11.3 Å². The maximum absolute atomic E-state index is 11.1. The van der Waals surface area contributed by atoms with Crippen LogP contribution in [0.2, 0.25) is 0 Å². The smallest absolute Gasteiger partial charge is 0.347 e. The lowest BCUT2D eigenvalue weighted by Crippen LogP contribution is -2.37. The third-order valence-electron chi connectivity index (χ3n) is 5.08. The Morgan fingerprint density at radius 3 is 2.60 bits per heavy atom. The summed E-state index contributed by atoms with van der Waals surface area (Å²) >= 11 is 0. The molecule has 0 spiro atoms. The van der Waals surface area contributed by atoms with Crippen LogP contribution in [0.3, 0.4) is 0 Å². The number of carboxylic acids is 1. The molecule has 3 aromatic rings. The van der Waals surface area contributed by atoms with Gasteiger partial charge in [-0.05, 0) is 75.5 Å². The summed E-state index contributed by atoms with van der Waals surface area (Å²) in [5.41, 5.74) is 1.71. The minimum Gasteiger partial charge on any atom is -0.478 e. The summed E-state index contributed by atoms with van der Waals surface area (Å²) in [5.74, 6) is 0.866. The van der Waals surface area contributed by atoms with Crippen LogP contribution in [0.4, 0.5) is 0 Å². The summed E-state index contributed by atoms with van der Waals surface area (Å²) in [6.07, 6.45) is 2.79. The first-order valence-corrected chi connectivity index (χ1v) is 10.4. The number of para-hydroxylation sites is 2. The molecule has 2 N–H and O–H groups in total. The molecule has 0 saturated heterocycles. The predicted octanol–water partition coefficient (Wildman–Crippen LogP) is 4.47. The molecule has 1 heterocycles. The minimum absolute atomic E-state index is 0.486. The van der Waals surface area contributed by atoms with Crippen molar-refractivity contribution in [1.82, 2.24) is 10.3 Å². The number of nitrogens with zero attached hydrogens (tertiary/aromatic N) is 1. The summed E-state index contributed by atoms with van der Waals surface area (Å²) < 4.78 is 11.3. The molecule has 2 aromatic carbocycles. The minimum atomic E-state index is -1.24. The molecular formula is C24H30N2O4. The first-order valence-electron chi connectivity index (χ1n) is 10.4. The first-order chi connectivity index (χ1) is 14.3. The van der Waals surface area contributed by atoms with Gasteiger partial charge < -0.3 is 19.6 Å². The Kier molecular flexibility index (Phi) is 7.11. The molecule has 6 heteroatoms. The van der Waals surface area contributed by atoms with Crippen molar-refractivity contribution in [3.63, 3.8) is 0 Å². The highest BCUT2D eigenvalue weighted by atomic mass is 16.5. The van der Waals surface area contributed by atoms with Gasteiger partial charge in [0.25, 0.3) is 0 Å². The van der Waals surface area contributed by atoms with E-state index >= 15 is 0 Å². The van der Waals surface area contributed by atoms with Crippen LogP contribution in [-0.4, -0.2) is 34.8 Å². The maximum atomic E-state index is 11.1. The Labute approximate surface area is 177 Å². The molecule has 1 aromatic heterocycles. The number of fused-ring (bicyclic) bond motifs is 1. The lowest BCUT2D eigenvalue weighted by molar-refractivity contribution is -0.152. The molecule has 0 aliphatic heterocycles. The Morgan fingerprint density at radius 2 is 1.90 bits per heavy atom. The average Bonchev–Trinajstić information content (AvgIpc) is 3.10. The molecule has 0 amide bonds. The van der Waals surface area contributed by atoms with Crippen molar-refractivity contribution >= 4 is 17.1 Å². The number of benzene rings is 2. The summed E-state index contributed by atoms with van der Waals surface area (Å²) in [7, 11) is 0. The van der Waals surface area contributed by atoms with Crippen molar-refractivity contribution in [3.05, 3.63) is 60.0 Å². The number of nitrogens with one attached hydrogen (secondary N) is 1. The van der Waals surface area contributed by atoms with Gasteiger partial charge in [0, 0.05) is 6.42 Å². The number of hydrogen-bond donors (Lipinski definition) is 2. The molecule has 0 saturated carbocycles. The predicted molar refractivity (Wildman–Crippen MR) is 117 cm³/mol. The monoisotopic (exact) mass is 410 g/mol. The Hall–Kier alpha value is -2.86. The molecule has 0 aliphatic carbocycles. The molecular weight excluding hydrogens is 380 g/mol. The summed E-state index contributed by atoms with van der Waals surface area (Å²) in [4.78, 5) is 15.7. The zero-order valence-electron chi connectivity index (χ0n) is 17.9. The van der Waals surface area contributed by atoms with Crippen molar-refractivity contribution in [1.29, 1.82) is 0 Å². The van der Waals surface area contributed by atoms with Gasteiger partial charge in [0.05, 0.1) is 0 Å². The molecule has 0 bridgehead atoms. The SMILES string of the molecule is CC(CCNCCc1ccc(OC(C)(C)C(=O)O)cc1)Cc1nc2ccccc2o1. The van der Waals surface area contributed by atoms with Crippen molar-refractivity contribution < 1.29 is 19.1 Å². The standard InChI is InChI=1S/C24H30N2O4/c1-17(16-22-26-20-6-4-5-7-21(20)29-22)12-14-25-15-13-18-8-10-19(11-9-18)30-24(2,3)23(27)28/h4-11,17,25H,12-16H2,1-3H3,(H,27,28). The Balaban J connectivity index is 1.35. The van der Waals surface area contributed by atoms with Gasteiger partial charge in [-0.1, -0.05) is 31.2 Å². The van der Waals surface area contributed by atoms with Crippen LogP contribution in [-0.2, 0) is 17.6 Å². The van der Waals surface area contributed by atoms with Crippen molar-refractivity contribution in [2.24, 2.45) is 5.92 Å². The van der Waals surface area contributed by atoms with Crippen molar-refractivity contribution in [3.8, 4) is 5.75 Å². The molecule has 160 valence electrons. The number of carboxylic acid groups (broad SMARTS) is 1. The van der Waals surface area contributed by atoms with E-state index in [1.54, 1.807) is 13.8 Å². The third kappa shape index (κ3) is 6.07. The van der Waals surface area contributed by atoms with Crippen LogP contribution >= 0.6 is 0 Å². The highest BCUT2D eigenvalue weighted by Gasteiger charge is 2.29. The molecule has 1 atom stereocenters. The highest BCUT2D eigenvalue weighted by molar-refractivity contribution is 5.76. The molecule has 0 radical (unpaired) electrons. The quantitative estimate of drug-likeness (QED) is 0.454. The summed E-state index contributed by atoms with van der Waals surface area (Å²) in [5, 5.41) is 12.6. The van der Waals surface area contributed by atoms with Crippen LogP contribution in [0.1, 0.15) is 38.6 Å². The lowest BCUT2D eigenvalue weighted by Gasteiger charge is -2.21. The molecule has 6 nitrogen and oxygen atoms in total. The molecule has 3 rings (SSSR count). The van der Waals surface area contributed by atoms with E-state index in [-0.39, 0.29) is 0 Å². The topological polar surface area (TPSA) is 84.6 Å². The fourth-order valence-corrected chi connectivity index (χ4v) is 3.18. The average molecular weight is 411 g/mol. The fourth-order valence-electron chi connectivity index (χ4n) is 3.18. The van der Waals surface area contributed by atoms with E-state index in [0.29, 0.717) is 11.7 Å². The van der Waals surface area contributed by atoms with E-state index in [0.717, 1.165) is 49.3 Å². The van der Waals surface area contributed by atoms with Gasteiger partial charge >= 0.3 is 5.97 Å². The van der Waals surface area contributed by atoms with E-state index in [2.05, 4.69) is 17.2 Å². The first kappa shape index (κ1) is 21.8.